The Morgan fingerprint density at radius 1 is 1.50 bits per heavy atom. The first kappa shape index (κ1) is 11.3. The standard InChI is InChI=1S/C11H20N2O/c1-4-12-6-7-13(3)9-11-5-8-14-10(11)2/h5,8,12H,4,6-7,9H2,1-3H3. The number of nitrogens with zero attached hydrogens (tertiary/aromatic N) is 1. The maximum Gasteiger partial charge on any atom is 0.105 e. The Morgan fingerprint density at radius 3 is 2.86 bits per heavy atom. The van der Waals surface area contributed by atoms with E-state index >= 15 is 0 Å². The van der Waals surface area contributed by atoms with E-state index in [0.717, 1.165) is 31.9 Å². The molecule has 1 rings (SSSR count). The van der Waals surface area contributed by atoms with Gasteiger partial charge in [-0.25, -0.2) is 0 Å². The van der Waals surface area contributed by atoms with Crippen molar-refractivity contribution >= 4 is 0 Å². The molecule has 1 N–H and O–H groups in total. The lowest BCUT2D eigenvalue weighted by Gasteiger charge is -2.15. The van der Waals surface area contributed by atoms with Crippen molar-refractivity contribution in [3.05, 3.63) is 23.7 Å². The van der Waals surface area contributed by atoms with Gasteiger partial charge in [-0.3, -0.25) is 0 Å². The molecule has 0 spiro atoms. The topological polar surface area (TPSA) is 28.4 Å². The fraction of sp³-hybridized carbons (Fsp3) is 0.636. The summed E-state index contributed by atoms with van der Waals surface area (Å²) < 4.78 is 5.25. The van der Waals surface area contributed by atoms with Gasteiger partial charge in [-0.1, -0.05) is 6.92 Å². The van der Waals surface area contributed by atoms with E-state index < -0.39 is 0 Å². The average molecular weight is 196 g/mol. The summed E-state index contributed by atoms with van der Waals surface area (Å²) in [5, 5.41) is 3.31. The molecular weight excluding hydrogens is 176 g/mol. The Morgan fingerprint density at radius 2 is 2.29 bits per heavy atom. The average Bonchev–Trinajstić information content (AvgIpc) is 2.52. The monoisotopic (exact) mass is 196 g/mol. The first-order valence-electron chi connectivity index (χ1n) is 5.16. The number of rotatable bonds is 6. The van der Waals surface area contributed by atoms with Crippen LogP contribution >= 0.6 is 0 Å². The van der Waals surface area contributed by atoms with Crippen molar-refractivity contribution in [3.63, 3.8) is 0 Å². The Labute approximate surface area is 86.1 Å². The predicted octanol–water partition coefficient (Wildman–Crippen LogP) is 1.63. The zero-order valence-corrected chi connectivity index (χ0v) is 9.34. The number of nitrogens with one attached hydrogen (secondary N) is 1. The number of aryl methyl sites for hydroxylation is 1. The van der Waals surface area contributed by atoms with Gasteiger partial charge in [-0.15, -0.1) is 0 Å². The molecule has 1 aromatic rings. The van der Waals surface area contributed by atoms with Crippen molar-refractivity contribution in [2.75, 3.05) is 26.7 Å². The van der Waals surface area contributed by atoms with Crippen LogP contribution in [0, 0.1) is 6.92 Å². The summed E-state index contributed by atoms with van der Waals surface area (Å²) >= 11 is 0. The highest BCUT2D eigenvalue weighted by Gasteiger charge is 2.04. The van der Waals surface area contributed by atoms with Gasteiger partial charge < -0.3 is 14.6 Å². The summed E-state index contributed by atoms with van der Waals surface area (Å²) in [5.74, 6) is 1.03. The number of likely N-dealkylation sites (N-methyl/N-ethyl adjacent to an activating group) is 2. The molecule has 0 saturated heterocycles. The molecular formula is C11H20N2O. The minimum atomic E-state index is 0.966. The second-order valence-corrected chi connectivity index (χ2v) is 3.59. The van der Waals surface area contributed by atoms with Crippen LogP contribution in [-0.4, -0.2) is 31.6 Å². The molecule has 3 heteroatoms. The molecule has 0 unspecified atom stereocenters. The molecule has 14 heavy (non-hydrogen) atoms. The smallest absolute Gasteiger partial charge is 0.105 e. The van der Waals surface area contributed by atoms with E-state index in [2.05, 4.69) is 24.2 Å². The Hall–Kier alpha value is -0.800. The van der Waals surface area contributed by atoms with Crippen LogP contribution in [-0.2, 0) is 6.54 Å². The van der Waals surface area contributed by atoms with Gasteiger partial charge in [0.15, 0.2) is 0 Å². The summed E-state index contributed by atoms with van der Waals surface area (Å²) in [6.07, 6.45) is 1.75. The molecule has 0 aliphatic carbocycles. The molecule has 3 nitrogen and oxygen atoms in total. The van der Waals surface area contributed by atoms with Crippen LogP contribution in [0.3, 0.4) is 0 Å². The highest BCUT2D eigenvalue weighted by Crippen LogP contribution is 2.10. The summed E-state index contributed by atoms with van der Waals surface area (Å²) in [6, 6.07) is 2.04. The molecule has 0 saturated carbocycles. The summed E-state index contributed by atoms with van der Waals surface area (Å²) in [7, 11) is 2.13. The molecule has 0 atom stereocenters. The maximum atomic E-state index is 5.25. The van der Waals surface area contributed by atoms with E-state index in [-0.39, 0.29) is 0 Å². The first-order valence-corrected chi connectivity index (χ1v) is 5.16. The van der Waals surface area contributed by atoms with E-state index in [9.17, 15) is 0 Å². The fourth-order valence-corrected chi connectivity index (χ4v) is 1.39. The van der Waals surface area contributed by atoms with Crippen LogP contribution in [0.2, 0.25) is 0 Å². The molecule has 0 aliphatic heterocycles. The lowest BCUT2D eigenvalue weighted by Crippen LogP contribution is -2.28. The predicted molar refractivity (Wildman–Crippen MR) is 58.3 cm³/mol. The van der Waals surface area contributed by atoms with E-state index in [1.54, 1.807) is 6.26 Å². The van der Waals surface area contributed by atoms with Gasteiger partial charge in [0.2, 0.25) is 0 Å². The second kappa shape index (κ2) is 5.83. The van der Waals surface area contributed by atoms with Crippen molar-refractivity contribution in [3.8, 4) is 0 Å². The lowest BCUT2D eigenvalue weighted by molar-refractivity contribution is 0.323. The summed E-state index contributed by atoms with van der Waals surface area (Å²) in [5.41, 5.74) is 1.28. The normalized spacial score (nSPS) is 11.1. The molecule has 1 heterocycles. The van der Waals surface area contributed by atoms with Gasteiger partial charge in [0.05, 0.1) is 6.26 Å². The Bertz CT molecular complexity index is 258. The van der Waals surface area contributed by atoms with Crippen molar-refractivity contribution in [2.24, 2.45) is 0 Å². The molecule has 80 valence electrons. The summed E-state index contributed by atoms with van der Waals surface area (Å²) in [6.45, 7) is 8.25. The SMILES string of the molecule is CCNCCN(C)Cc1ccoc1C. The molecule has 0 amide bonds. The van der Waals surface area contributed by atoms with Gasteiger partial charge in [0.1, 0.15) is 5.76 Å². The van der Waals surface area contributed by atoms with Crippen LogP contribution in [0.4, 0.5) is 0 Å². The van der Waals surface area contributed by atoms with Gasteiger partial charge >= 0.3 is 0 Å². The summed E-state index contributed by atoms with van der Waals surface area (Å²) in [4.78, 5) is 2.29. The zero-order valence-electron chi connectivity index (χ0n) is 9.34. The van der Waals surface area contributed by atoms with Crippen molar-refractivity contribution in [1.29, 1.82) is 0 Å². The third-order valence-electron chi connectivity index (χ3n) is 2.33. The van der Waals surface area contributed by atoms with Gasteiger partial charge in [0.25, 0.3) is 0 Å². The van der Waals surface area contributed by atoms with Crippen LogP contribution in [0.5, 0.6) is 0 Å². The lowest BCUT2D eigenvalue weighted by atomic mass is 10.2. The minimum absolute atomic E-state index is 0.966. The number of furan rings is 1. The Balaban J connectivity index is 2.27. The number of hydrogen-bond donors (Lipinski definition) is 1. The van der Waals surface area contributed by atoms with E-state index in [0.29, 0.717) is 0 Å². The third-order valence-corrected chi connectivity index (χ3v) is 2.33. The fourth-order valence-electron chi connectivity index (χ4n) is 1.39. The van der Waals surface area contributed by atoms with Crippen LogP contribution in [0.15, 0.2) is 16.7 Å². The largest absolute Gasteiger partial charge is 0.469 e. The third kappa shape index (κ3) is 3.52. The van der Waals surface area contributed by atoms with E-state index in [1.165, 1.54) is 5.56 Å². The van der Waals surface area contributed by atoms with Crippen molar-refractivity contribution < 1.29 is 4.42 Å². The first-order chi connectivity index (χ1) is 6.74. The van der Waals surface area contributed by atoms with Gasteiger partial charge in [-0.05, 0) is 26.6 Å². The van der Waals surface area contributed by atoms with Crippen LogP contribution in [0.1, 0.15) is 18.2 Å². The maximum absolute atomic E-state index is 5.25. The Kier molecular flexibility index (Phi) is 4.70. The highest BCUT2D eigenvalue weighted by molar-refractivity contribution is 5.14. The quantitative estimate of drug-likeness (QED) is 0.701. The minimum Gasteiger partial charge on any atom is -0.469 e. The van der Waals surface area contributed by atoms with Crippen LogP contribution in [0.25, 0.3) is 0 Å². The van der Waals surface area contributed by atoms with Crippen LogP contribution < -0.4 is 5.32 Å². The number of hydrogen-bond acceptors (Lipinski definition) is 3. The molecule has 0 fully saturated rings. The molecule has 0 aliphatic rings. The molecule has 0 aromatic carbocycles. The van der Waals surface area contributed by atoms with Crippen molar-refractivity contribution in [2.45, 2.75) is 20.4 Å². The van der Waals surface area contributed by atoms with Crippen molar-refractivity contribution in [1.82, 2.24) is 10.2 Å². The van der Waals surface area contributed by atoms with Gasteiger partial charge in [0, 0.05) is 25.2 Å². The molecule has 0 radical (unpaired) electrons. The van der Waals surface area contributed by atoms with Gasteiger partial charge in [-0.2, -0.15) is 0 Å². The highest BCUT2D eigenvalue weighted by atomic mass is 16.3. The molecule has 0 bridgehead atoms. The second-order valence-electron chi connectivity index (χ2n) is 3.59. The zero-order chi connectivity index (χ0) is 10.4. The molecule has 1 aromatic heterocycles. The van der Waals surface area contributed by atoms with E-state index in [1.807, 2.05) is 13.0 Å². The van der Waals surface area contributed by atoms with E-state index in [4.69, 9.17) is 4.42 Å².